The van der Waals surface area contributed by atoms with Gasteiger partial charge in [0.2, 0.25) is 0 Å². The van der Waals surface area contributed by atoms with E-state index in [-0.39, 0.29) is 0 Å². The van der Waals surface area contributed by atoms with E-state index in [0.717, 1.165) is 43.9 Å². The van der Waals surface area contributed by atoms with Crippen molar-refractivity contribution in [1.29, 1.82) is 0 Å². The fourth-order valence-electron chi connectivity index (χ4n) is 1.77. The van der Waals surface area contributed by atoms with Gasteiger partial charge in [-0.2, -0.15) is 0 Å². The molecule has 0 saturated heterocycles. The van der Waals surface area contributed by atoms with Gasteiger partial charge in [0.05, 0.1) is 18.8 Å². The van der Waals surface area contributed by atoms with Gasteiger partial charge in [0.1, 0.15) is 0 Å². The molecule has 20 heavy (non-hydrogen) atoms. The molecule has 0 radical (unpaired) electrons. The summed E-state index contributed by atoms with van der Waals surface area (Å²) in [5, 5.41) is 6.49. The van der Waals surface area contributed by atoms with E-state index in [0.29, 0.717) is 6.54 Å². The molecule has 0 bridgehead atoms. The first-order valence-electron chi connectivity index (χ1n) is 7.38. The minimum absolute atomic E-state index is 0.582. The maximum Gasteiger partial charge on any atom is 0.191 e. The molecule has 1 aromatic heterocycles. The number of ether oxygens (including phenoxy) is 1. The van der Waals surface area contributed by atoms with Crippen LogP contribution in [0.15, 0.2) is 29.4 Å². The first-order chi connectivity index (χ1) is 9.88. The summed E-state index contributed by atoms with van der Waals surface area (Å²) in [5.41, 5.74) is 0.967. The van der Waals surface area contributed by atoms with Crippen LogP contribution in [-0.2, 0) is 11.3 Å². The lowest BCUT2D eigenvalue weighted by atomic mass is 10.3. The van der Waals surface area contributed by atoms with Gasteiger partial charge in [0.25, 0.3) is 0 Å². The Labute approximate surface area is 120 Å². The number of rotatable bonds is 8. The maximum atomic E-state index is 5.59. The van der Waals surface area contributed by atoms with Crippen molar-refractivity contribution in [3.8, 4) is 0 Å². The van der Waals surface area contributed by atoms with Crippen molar-refractivity contribution in [3.05, 3.63) is 30.1 Å². The topological polar surface area (TPSA) is 58.5 Å². The van der Waals surface area contributed by atoms with Crippen molar-refractivity contribution in [2.45, 2.75) is 26.3 Å². The van der Waals surface area contributed by atoms with Crippen LogP contribution in [0.1, 0.15) is 25.5 Å². The third-order valence-electron chi connectivity index (χ3n) is 3.06. The second kappa shape index (κ2) is 8.53. The molecule has 1 aliphatic rings. The lowest BCUT2D eigenvalue weighted by Gasteiger charge is -2.11. The molecule has 0 unspecified atom stereocenters. The molecule has 0 spiro atoms. The van der Waals surface area contributed by atoms with Crippen LogP contribution in [0, 0.1) is 5.92 Å². The molecule has 1 aromatic rings. The second-order valence-electron chi connectivity index (χ2n) is 4.96. The van der Waals surface area contributed by atoms with E-state index in [9.17, 15) is 0 Å². The van der Waals surface area contributed by atoms with Crippen LogP contribution < -0.4 is 10.6 Å². The predicted molar refractivity (Wildman–Crippen MR) is 80.6 cm³/mol. The first-order valence-corrected chi connectivity index (χ1v) is 7.38. The Kier molecular flexibility index (Phi) is 6.31. The highest BCUT2D eigenvalue weighted by Crippen LogP contribution is 2.28. The summed E-state index contributed by atoms with van der Waals surface area (Å²) in [6.07, 6.45) is 4.46. The Balaban J connectivity index is 1.67. The van der Waals surface area contributed by atoms with Crippen LogP contribution in [0.3, 0.4) is 0 Å². The van der Waals surface area contributed by atoms with Gasteiger partial charge in [-0.15, -0.1) is 0 Å². The molecule has 2 rings (SSSR count). The predicted octanol–water partition coefficient (Wildman–Crippen LogP) is 1.56. The van der Waals surface area contributed by atoms with Crippen LogP contribution in [0.25, 0.3) is 0 Å². The van der Waals surface area contributed by atoms with Gasteiger partial charge in [-0.3, -0.25) is 4.98 Å². The SMILES string of the molecule is CCNC(=NCc1ccccn1)NCCOCC1CC1. The zero-order valence-corrected chi connectivity index (χ0v) is 12.1. The molecular formula is C15H24N4O. The number of pyridine rings is 1. The molecule has 1 fully saturated rings. The number of aliphatic imine (C=N–C) groups is 1. The van der Waals surface area contributed by atoms with E-state index >= 15 is 0 Å². The van der Waals surface area contributed by atoms with E-state index < -0.39 is 0 Å². The number of hydrogen-bond donors (Lipinski definition) is 2. The molecule has 5 nitrogen and oxygen atoms in total. The van der Waals surface area contributed by atoms with Gasteiger partial charge in [-0.1, -0.05) is 6.07 Å². The van der Waals surface area contributed by atoms with E-state index in [1.807, 2.05) is 18.2 Å². The monoisotopic (exact) mass is 276 g/mol. The summed E-state index contributed by atoms with van der Waals surface area (Å²) in [6, 6.07) is 5.86. The van der Waals surface area contributed by atoms with Crippen molar-refractivity contribution in [3.63, 3.8) is 0 Å². The maximum absolute atomic E-state index is 5.59. The molecule has 0 aromatic carbocycles. The van der Waals surface area contributed by atoms with Crippen LogP contribution in [0.2, 0.25) is 0 Å². The van der Waals surface area contributed by atoms with Crippen LogP contribution in [0.5, 0.6) is 0 Å². The van der Waals surface area contributed by atoms with E-state index in [4.69, 9.17) is 4.74 Å². The molecule has 5 heteroatoms. The fraction of sp³-hybridized carbons (Fsp3) is 0.600. The van der Waals surface area contributed by atoms with Gasteiger partial charge in [-0.05, 0) is 37.8 Å². The van der Waals surface area contributed by atoms with Gasteiger partial charge in [0.15, 0.2) is 5.96 Å². The summed E-state index contributed by atoms with van der Waals surface area (Å²) in [5.74, 6) is 1.63. The Morgan fingerprint density at radius 1 is 1.40 bits per heavy atom. The van der Waals surface area contributed by atoms with Gasteiger partial charge >= 0.3 is 0 Å². The van der Waals surface area contributed by atoms with Crippen molar-refractivity contribution in [1.82, 2.24) is 15.6 Å². The summed E-state index contributed by atoms with van der Waals surface area (Å²) in [6.45, 7) is 5.90. The van der Waals surface area contributed by atoms with Crippen molar-refractivity contribution < 1.29 is 4.74 Å². The number of guanidine groups is 1. The summed E-state index contributed by atoms with van der Waals surface area (Å²) in [7, 11) is 0. The lowest BCUT2D eigenvalue weighted by molar-refractivity contribution is 0.129. The summed E-state index contributed by atoms with van der Waals surface area (Å²) in [4.78, 5) is 8.76. The van der Waals surface area contributed by atoms with Crippen molar-refractivity contribution in [2.75, 3.05) is 26.3 Å². The highest BCUT2D eigenvalue weighted by Gasteiger charge is 2.20. The van der Waals surface area contributed by atoms with E-state index in [1.54, 1.807) is 6.20 Å². The fourth-order valence-corrected chi connectivity index (χ4v) is 1.77. The molecule has 110 valence electrons. The molecule has 0 amide bonds. The number of nitrogens with zero attached hydrogens (tertiary/aromatic N) is 2. The smallest absolute Gasteiger partial charge is 0.191 e. The van der Waals surface area contributed by atoms with E-state index in [2.05, 4.69) is 27.5 Å². The Morgan fingerprint density at radius 2 is 2.30 bits per heavy atom. The zero-order valence-electron chi connectivity index (χ0n) is 12.1. The zero-order chi connectivity index (χ0) is 14.0. The van der Waals surface area contributed by atoms with Crippen LogP contribution in [0.4, 0.5) is 0 Å². The Bertz CT molecular complexity index is 404. The Morgan fingerprint density at radius 3 is 3.00 bits per heavy atom. The van der Waals surface area contributed by atoms with Gasteiger partial charge in [-0.25, -0.2) is 4.99 Å². The number of aromatic nitrogens is 1. The first kappa shape index (κ1) is 14.8. The van der Waals surface area contributed by atoms with E-state index in [1.165, 1.54) is 12.8 Å². The average molecular weight is 276 g/mol. The van der Waals surface area contributed by atoms with Crippen LogP contribution >= 0.6 is 0 Å². The third kappa shape index (κ3) is 6.02. The third-order valence-corrected chi connectivity index (χ3v) is 3.06. The molecular weight excluding hydrogens is 252 g/mol. The van der Waals surface area contributed by atoms with Gasteiger partial charge in [0, 0.05) is 25.9 Å². The highest BCUT2D eigenvalue weighted by atomic mass is 16.5. The lowest BCUT2D eigenvalue weighted by Crippen LogP contribution is -2.39. The molecule has 1 saturated carbocycles. The summed E-state index contributed by atoms with van der Waals surface area (Å²) < 4.78 is 5.59. The van der Waals surface area contributed by atoms with Crippen LogP contribution in [-0.4, -0.2) is 37.2 Å². The second-order valence-corrected chi connectivity index (χ2v) is 4.96. The minimum Gasteiger partial charge on any atom is -0.379 e. The summed E-state index contributed by atoms with van der Waals surface area (Å²) >= 11 is 0. The Hall–Kier alpha value is -1.62. The quantitative estimate of drug-likeness (QED) is 0.430. The molecule has 0 atom stereocenters. The highest BCUT2D eigenvalue weighted by molar-refractivity contribution is 5.79. The van der Waals surface area contributed by atoms with Gasteiger partial charge < -0.3 is 15.4 Å². The molecule has 0 aliphatic heterocycles. The molecule has 1 aliphatic carbocycles. The van der Waals surface area contributed by atoms with Crippen molar-refractivity contribution in [2.24, 2.45) is 10.9 Å². The minimum atomic E-state index is 0.582. The largest absolute Gasteiger partial charge is 0.379 e. The average Bonchev–Trinajstić information content (AvgIpc) is 3.29. The molecule has 1 heterocycles. The molecule has 2 N–H and O–H groups in total. The number of hydrogen-bond acceptors (Lipinski definition) is 3. The number of nitrogens with one attached hydrogen (secondary N) is 2. The van der Waals surface area contributed by atoms with Crippen molar-refractivity contribution >= 4 is 5.96 Å². The standard InChI is InChI=1S/C15H24N4O/c1-2-16-15(18-9-10-20-12-13-6-7-13)19-11-14-5-3-4-8-17-14/h3-5,8,13H,2,6-7,9-12H2,1H3,(H2,16,18,19). The normalized spacial score (nSPS) is 15.2.